The van der Waals surface area contributed by atoms with Gasteiger partial charge in [0.2, 0.25) is 0 Å². The Hall–Kier alpha value is -1.82. The number of amides is 1. The van der Waals surface area contributed by atoms with Crippen molar-refractivity contribution >= 4 is 17.4 Å². The summed E-state index contributed by atoms with van der Waals surface area (Å²) < 4.78 is 0. The number of carbonyl (C=O) groups is 1. The van der Waals surface area contributed by atoms with Crippen LogP contribution >= 0.6 is 0 Å². The van der Waals surface area contributed by atoms with Crippen molar-refractivity contribution < 1.29 is 4.79 Å². The second-order valence-electron chi connectivity index (χ2n) is 5.15. The Bertz CT molecular complexity index is 476. The maximum atomic E-state index is 11.3. The number of nitrogens with zero attached hydrogens (tertiary/aromatic N) is 3. The molecule has 1 aliphatic heterocycles. The van der Waals surface area contributed by atoms with Crippen LogP contribution in [0, 0.1) is 0 Å². The highest BCUT2D eigenvalue weighted by atomic mass is 16.1. The van der Waals surface area contributed by atoms with Gasteiger partial charge in [0.05, 0.1) is 17.4 Å². The number of anilines is 2. The van der Waals surface area contributed by atoms with Crippen molar-refractivity contribution in [1.29, 1.82) is 0 Å². The summed E-state index contributed by atoms with van der Waals surface area (Å²) in [6.45, 7) is 5.11. The third-order valence-electron chi connectivity index (χ3n) is 3.53. The van der Waals surface area contributed by atoms with Crippen LogP contribution in [0.25, 0.3) is 0 Å². The molecule has 1 aliphatic rings. The zero-order chi connectivity index (χ0) is 14.0. The summed E-state index contributed by atoms with van der Waals surface area (Å²) in [5.74, 6) is 0.256. The molecule has 1 atom stereocenters. The molecule has 1 amide bonds. The number of aromatic nitrogens is 1. The highest BCUT2D eigenvalue weighted by Gasteiger charge is 2.21. The number of pyridine rings is 1. The first kappa shape index (κ1) is 13.6. The van der Waals surface area contributed by atoms with Crippen molar-refractivity contribution in [3.8, 4) is 0 Å². The summed E-state index contributed by atoms with van der Waals surface area (Å²) in [5.41, 5.74) is 11.7. The fraction of sp³-hybridized carbons (Fsp3) is 0.538. The molecule has 2 heterocycles. The lowest BCUT2D eigenvalue weighted by Gasteiger charge is -2.29. The van der Waals surface area contributed by atoms with E-state index in [2.05, 4.69) is 28.8 Å². The highest BCUT2D eigenvalue weighted by molar-refractivity contribution is 5.98. The Morgan fingerprint density at radius 3 is 2.89 bits per heavy atom. The molecule has 0 bridgehead atoms. The molecule has 1 fully saturated rings. The number of hydrogen-bond acceptors (Lipinski definition) is 5. The third-order valence-corrected chi connectivity index (χ3v) is 3.53. The average molecular weight is 263 g/mol. The molecule has 0 radical (unpaired) electrons. The van der Waals surface area contributed by atoms with Crippen LogP contribution < -0.4 is 16.4 Å². The Labute approximate surface area is 113 Å². The monoisotopic (exact) mass is 263 g/mol. The predicted molar refractivity (Wildman–Crippen MR) is 76.1 cm³/mol. The molecular formula is C13H21N5O. The first-order valence-corrected chi connectivity index (χ1v) is 6.49. The van der Waals surface area contributed by atoms with Crippen LogP contribution in [0.15, 0.2) is 12.3 Å². The molecule has 6 heteroatoms. The number of primary amides is 1. The van der Waals surface area contributed by atoms with Crippen molar-refractivity contribution in [2.75, 3.05) is 37.3 Å². The first-order chi connectivity index (χ1) is 8.99. The van der Waals surface area contributed by atoms with E-state index >= 15 is 0 Å². The van der Waals surface area contributed by atoms with Crippen molar-refractivity contribution in [2.24, 2.45) is 5.73 Å². The summed E-state index contributed by atoms with van der Waals surface area (Å²) in [4.78, 5) is 20.2. The Morgan fingerprint density at radius 1 is 1.47 bits per heavy atom. The van der Waals surface area contributed by atoms with Gasteiger partial charge in [0.1, 0.15) is 5.82 Å². The van der Waals surface area contributed by atoms with E-state index in [0.29, 0.717) is 17.3 Å². The van der Waals surface area contributed by atoms with E-state index in [1.54, 1.807) is 6.07 Å². The second-order valence-corrected chi connectivity index (χ2v) is 5.15. The van der Waals surface area contributed by atoms with Gasteiger partial charge in [0.15, 0.2) is 0 Å². The van der Waals surface area contributed by atoms with Gasteiger partial charge in [-0.2, -0.15) is 0 Å². The molecule has 1 aromatic heterocycles. The van der Waals surface area contributed by atoms with Gasteiger partial charge in [-0.1, -0.05) is 0 Å². The maximum Gasteiger partial charge on any atom is 0.250 e. The largest absolute Gasteiger partial charge is 0.397 e. The van der Waals surface area contributed by atoms with Crippen molar-refractivity contribution in [2.45, 2.75) is 19.4 Å². The summed E-state index contributed by atoms with van der Waals surface area (Å²) in [7, 11) is 2.12. The molecule has 0 saturated carbocycles. The Balaban J connectivity index is 2.30. The minimum Gasteiger partial charge on any atom is -0.397 e. The van der Waals surface area contributed by atoms with Crippen LogP contribution in [0.5, 0.6) is 0 Å². The summed E-state index contributed by atoms with van der Waals surface area (Å²) in [6, 6.07) is 2.03. The number of nitrogens with two attached hydrogens (primary N) is 2. The van der Waals surface area contributed by atoms with Crippen LogP contribution in [-0.4, -0.2) is 48.5 Å². The zero-order valence-electron chi connectivity index (χ0n) is 11.5. The van der Waals surface area contributed by atoms with Crippen molar-refractivity contribution in [3.63, 3.8) is 0 Å². The standard InChI is InChI=1S/C13H21N5O/c1-9-8-17(2)4-3-5-18(9)12-6-10(13(15)19)11(14)7-16-12/h6-7,9H,3-5,8,14H2,1-2H3,(H2,15,19). The summed E-state index contributed by atoms with van der Waals surface area (Å²) in [5, 5.41) is 0. The quantitative estimate of drug-likeness (QED) is 0.801. The summed E-state index contributed by atoms with van der Waals surface area (Å²) >= 11 is 0. The molecule has 19 heavy (non-hydrogen) atoms. The Kier molecular flexibility index (Phi) is 3.90. The maximum absolute atomic E-state index is 11.3. The zero-order valence-corrected chi connectivity index (χ0v) is 11.5. The third kappa shape index (κ3) is 2.96. The van der Waals surface area contributed by atoms with Gasteiger partial charge in [0.25, 0.3) is 5.91 Å². The second kappa shape index (κ2) is 5.44. The molecule has 104 valence electrons. The first-order valence-electron chi connectivity index (χ1n) is 6.49. The number of hydrogen-bond donors (Lipinski definition) is 2. The lowest BCUT2D eigenvalue weighted by atomic mass is 10.2. The fourth-order valence-corrected chi connectivity index (χ4v) is 2.54. The molecule has 1 saturated heterocycles. The molecule has 0 aliphatic carbocycles. The number of nitrogen functional groups attached to an aromatic ring is 1. The molecule has 6 nitrogen and oxygen atoms in total. The minimum atomic E-state index is -0.513. The highest BCUT2D eigenvalue weighted by Crippen LogP contribution is 2.21. The molecule has 1 aromatic rings. The molecule has 2 rings (SSSR count). The van der Waals surface area contributed by atoms with E-state index in [9.17, 15) is 4.79 Å². The van der Waals surface area contributed by atoms with E-state index < -0.39 is 5.91 Å². The SMILES string of the molecule is CC1CN(C)CCCN1c1cc(C(N)=O)c(N)cn1. The topological polar surface area (TPSA) is 88.5 Å². The van der Waals surface area contributed by atoms with E-state index in [1.165, 1.54) is 6.20 Å². The molecule has 4 N–H and O–H groups in total. The number of carbonyl (C=O) groups excluding carboxylic acids is 1. The van der Waals surface area contributed by atoms with Gasteiger partial charge in [-0.05, 0) is 33.0 Å². The lowest BCUT2D eigenvalue weighted by Crippen LogP contribution is -2.38. The van der Waals surface area contributed by atoms with Gasteiger partial charge >= 0.3 is 0 Å². The molecule has 0 aromatic carbocycles. The number of likely N-dealkylation sites (N-methyl/N-ethyl adjacent to an activating group) is 1. The fourth-order valence-electron chi connectivity index (χ4n) is 2.54. The van der Waals surface area contributed by atoms with Crippen LogP contribution in [-0.2, 0) is 0 Å². The van der Waals surface area contributed by atoms with Gasteiger partial charge < -0.3 is 21.3 Å². The molecule has 0 spiro atoms. The Morgan fingerprint density at radius 2 is 2.21 bits per heavy atom. The van der Waals surface area contributed by atoms with Crippen molar-refractivity contribution in [3.05, 3.63) is 17.8 Å². The smallest absolute Gasteiger partial charge is 0.250 e. The van der Waals surface area contributed by atoms with Crippen molar-refractivity contribution in [1.82, 2.24) is 9.88 Å². The predicted octanol–water partition coefficient (Wildman–Crippen LogP) is 0.293. The van der Waals surface area contributed by atoms with Gasteiger partial charge in [-0.3, -0.25) is 4.79 Å². The van der Waals surface area contributed by atoms with Crippen LogP contribution in [0.2, 0.25) is 0 Å². The summed E-state index contributed by atoms with van der Waals surface area (Å²) in [6.07, 6.45) is 2.58. The molecule has 1 unspecified atom stereocenters. The van der Waals surface area contributed by atoms with Crippen LogP contribution in [0.1, 0.15) is 23.7 Å². The van der Waals surface area contributed by atoms with Gasteiger partial charge in [-0.15, -0.1) is 0 Å². The van der Waals surface area contributed by atoms with Crippen LogP contribution in [0.4, 0.5) is 11.5 Å². The number of rotatable bonds is 2. The van der Waals surface area contributed by atoms with E-state index in [0.717, 1.165) is 31.9 Å². The minimum absolute atomic E-state index is 0.329. The van der Waals surface area contributed by atoms with Gasteiger partial charge in [-0.25, -0.2) is 4.98 Å². The van der Waals surface area contributed by atoms with Gasteiger partial charge in [0, 0.05) is 19.1 Å². The van der Waals surface area contributed by atoms with E-state index in [-0.39, 0.29) is 0 Å². The van der Waals surface area contributed by atoms with E-state index in [1.807, 2.05) is 0 Å². The van der Waals surface area contributed by atoms with E-state index in [4.69, 9.17) is 11.5 Å². The van der Waals surface area contributed by atoms with Crippen LogP contribution in [0.3, 0.4) is 0 Å². The lowest BCUT2D eigenvalue weighted by molar-refractivity contribution is 0.100. The molecular weight excluding hydrogens is 242 g/mol. The normalized spacial score (nSPS) is 21.2. The average Bonchev–Trinajstić information content (AvgIpc) is 2.50.